The zero-order valence-electron chi connectivity index (χ0n) is 49.6. The average molecular weight is 1060 g/mol. The van der Waals surface area contributed by atoms with E-state index < -0.39 is 20.0 Å². The Labute approximate surface area is 460 Å². The second kappa shape index (κ2) is 55.9. The van der Waals surface area contributed by atoms with Gasteiger partial charge in [0.15, 0.2) is 0 Å². The number of rotatable bonds is 58. The molecule has 0 aromatic carbocycles. The van der Waals surface area contributed by atoms with Gasteiger partial charge in [0, 0.05) is 6.42 Å². The van der Waals surface area contributed by atoms with E-state index in [1.165, 1.54) is 212 Å². The van der Waals surface area contributed by atoms with Crippen molar-refractivity contribution in [3.63, 3.8) is 0 Å². The van der Waals surface area contributed by atoms with Gasteiger partial charge in [0.05, 0.1) is 39.9 Å². The van der Waals surface area contributed by atoms with E-state index in [1.54, 1.807) is 6.08 Å². The number of allylic oxidation sites excluding steroid dienone is 9. The predicted octanol–water partition coefficient (Wildman–Crippen LogP) is 19.7. The fraction of sp³-hybridized carbons (Fsp3) is 0.831. The maximum absolute atomic E-state index is 13.0. The SMILES string of the molecule is CC/C=C\C/C=C\C/C=C\C/C=C\CCCCCCCCCCCCCCCCCCCCCCCCCCCCCCC(=O)NC(COP(=O)(O)OCC[N+](C)(C)C)C(O)/C=C/CCCCCCCCCCC. The second-order valence-corrected chi connectivity index (χ2v) is 24.2. The van der Waals surface area contributed by atoms with Gasteiger partial charge in [-0.05, 0) is 57.8 Å². The van der Waals surface area contributed by atoms with Crippen molar-refractivity contribution in [2.75, 3.05) is 40.9 Å². The fourth-order valence-electron chi connectivity index (χ4n) is 9.33. The standard InChI is InChI=1S/C65H123N2O6P/c1-6-8-10-12-14-16-18-19-20-21-22-23-24-25-26-27-28-29-30-31-32-33-34-35-36-37-38-39-40-41-42-43-44-45-46-47-49-51-53-55-57-59-65(69)66-63(62-73-74(70,71)72-61-60-67(3,4)5)64(68)58-56-54-52-50-48-17-15-13-11-9-7-2/h8,10,14,16,19-20,22-23,56,58,63-64,68H,6-7,9,11-13,15,17-18,21,24-55,57,59-62H2,1-5H3,(H-,66,69,70,71)/p+1/b10-8-,16-14-,20-19-,23-22-,58-56+. The monoisotopic (exact) mass is 1060 g/mol. The molecule has 0 aliphatic rings. The number of hydrogen-bond acceptors (Lipinski definition) is 5. The van der Waals surface area contributed by atoms with Crippen LogP contribution in [0.15, 0.2) is 60.8 Å². The van der Waals surface area contributed by atoms with E-state index in [4.69, 9.17) is 9.05 Å². The molecule has 0 aromatic rings. The van der Waals surface area contributed by atoms with Gasteiger partial charge in [-0.25, -0.2) is 4.57 Å². The summed E-state index contributed by atoms with van der Waals surface area (Å²) in [5.41, 5.74) is 0. The highest BCUT2D eigenvalue weighted by Crippen LogP contribution is 2.43. The summed E-state index contributed by atoms with van der Waals surface area (Å²) < 4.78 is 23.6. The van der Waals surface area contributed by atoms with Crippen LogP contribution in [0.2, 0.25) is 0 Å². The van der Waals surface area contributed by atoms with Crippen molar-refractivity contribution in [3.8, 4) is 0 Å². The fourth-order valence-corrected chi connectivity index (χ4v) is 10.1. The van der Waals surface area contributed by atoms with Crippen LogP contribution < -0.4 is 5.32 Å². The molecule has 0 radical (unpaired) electrons. The van der Waals surface area contributed by atoms with Crippen LogP contribution in [0.4, 0.5) is 0 Å². The molecule has 0 fully saturated rings. The van der Waals surface area contributed by atoms with Crippen LogP contribution in [0.3, 0.4) is 0 Å². The average Bonchev–Trinajstić information content (AvgIpc) is 3.36. The van der Waals surface area contributed by atoms with Crippen molar-refractivity contribution >= 4 is 13.7 Å². The first kappa shape index (κ1) is 72.2. The van der Waals surface area contributed by atoms with E-state index in [-0.39, 0.29) is 19.1 Å². The molecule has 3 unspecified atom stereocenters. The van der Waals surface area contributed by atoms with Crippen LogP contribution >= 0.6 is 7.82 Å². The summed E-state index contributed by atoms with van der Waals surface area (Å²) in [5.74, 6) is -0.174. The zero-order chi connectivity index (χ0) is 54.2. The summed E-state index contributed by atoms with van der Waals surface area (Å²) in [6.45, 7) is 4.71. The minimum Gasteiger partial charge on any atom is -0.387 e. The summed E-state index contributed by atoms with van der Waals surface area (Å²) in [4.78, 5) is 23.2. The lowest BCUT2D eigenvalue weighted by atomic mass is 10.0. The lowest BCUT2D eigenvalue weighted by molar-refractivity contribution is -0.870. The molecule has 74 heavy (non-hydrogen) atoms. The van der Waals surface area contributed by atoms with E-state index in [1.807, 2.05) is 27.2 Å². The van der Waals surface area contributed by atoms with E-state index in [0.29, 0.717) is 17.4 Å². The summed E-state index contributed by atoms with van der Waals surface area (Å²) >= 11 is 0. The van der Waals surface area contributed by atoms with Gasteiger partial charge in [0.2, 0.25) is 5.91 Å². The quantitative estimate of drug-likeness (QED) is 0.0243. The molecule has 434 valence electrons. The molecule has 0 rings (SSSR count). The number of hydrogen-bond donors (Lipinski definition) is 3. The van der Waals surface area contributed by atoms with Crippen LogP contribution in [0.25, 0.3) is 0 Å². The largest absolute Gasteiger partial charge is 0.472 e. The second-order valence-electron chi connectivity index (χ2n) is 22.8. The van der Waals surface area contributed by atoms with Gasteiger partial charge in [0.25, 0.3) is 0 Å². The highest BCUT2D eigenvalue weighted by atomic mass is 31.2. The van der Waals surface area contributed by atoms with E-state index >= 15 is 0 Å². The molecule has 8 nitrogen and oxygen atoms in total. The van der Waals surface area contributed by atoms with Gasteiger partial charge in [-0.15, -0.1) is 0 Å². The van der Waals surface area contributed by atoms with Crippen molar-refractivity contribution in [1.29, 1.82) is 0 Å². The van der Waals surface area contributed by atoms with E-state index in [2.05, 4.69) is 67.8 Å². The number of phosphoric acid groups is 1. The Morgan fingerprint density at radius 3 is 1.19 bits per heavy atom. The first-order valence-electron chi connectivity index (χ1n) is 31.7. The van der Waals surface area contributed by atoms with Crippen LogP contribution in [0.1, 0.15) is 296 Å². The minimum atomic E-state index is -4.34. The summed E-state index contributed by atoms with van der Waals surface area (Å²) in [5, 5.41) is 13.9. The van der Waals surface area contributed by atoms with Gasteiger partial charge in [-0.2, -0.15) is 0 Å². The first-order chi connectivity index (χ1) is 36.0. The topological polar surface area (TPSA) is 105 Å². The first-order valence-corrected chi connectivity index (χ1v) is 33.2. The van der Waals surface area contributed by atoms with Crippen molar-refractivity contribution in [2.45, 2.75) is 309 Å². The van der Waals surface area contributed by atoms with Crippen LogP contribution in [-0.4, -0.2) is 73.4 Å². The number of carbonyl (C=O) groups is 1. The Balaban J connectivity index is 3.80. The maximum atomic E-state index is 13.0. The van der Waals surface area contributed by atoms with Crippen LogP contribution in [0, 0.1) is 0 Å². The zero-order valence-corrected chi connectivity index (χ0v) is 50.5. The lowest BCUT2D eigenvalue weighted by Crippen LogP contribution is -2.45. The molecular weight excluding hydrogens is 936 g/mol. The third kappa shape index (κ3) is 57.9. The summed E-state index contributed by atoms with van der Waals surface area (Å²) in [7, 11) is 1.58. The lowest BCUT2D eigenvalue weighted by Gasteiger charge is -2.25. The van der Waals surface area contributed by atoms with Crippen molar-refractivity contribution in [2.24, 2.45) is 0 Å². The molecule has 1 amide bonds. The van der Waals surface area contributed by atoms with Gasteiger partial charge >= 0.3 is 7.82 Å². The number of nitrogens with one attached hydrogen (secondary N) is 1. The van der Waals surface area contributed by atoms with Gasteiger partial charge in [-0.3, -0.25) is 13.8 Å². The van der Waals surface area contributed by atoms with Crippen molar-refractivity contribution in [1.82, 2.24) is 5.32 Å². The highest BCUT2D eigenvalue weighted by molar-refractivity contribution is 7.47. The molecule has 0 aliphatic heterocycles. The Kier molecular flexibility index (Phi) is 54.6. The molecule has 9 heteroatoms. The number of amides is 1. The smallest absolute Gasteiger partial charge is 0.387 e. The maximum Gasteiger partial charge on any atom is 0.472 e. The number of phosphoric ester groups is 1. The molecule has 0 heterocycles. The molecule has 0 spiro atoms. The molecule has 0 bridgehead atoms. The minimum absolute atomic E-state index is 0.0627. The van der Waals surface area contributed by atoms with Gasteiger partial charge in [0.1, 0.15) is 13.2 Å². The Morgan fingerprint density at radius 1 is 0.473 bits per heavy atom. The number of unbranched alkanes of at least 4 members (excludes halogenated alkanes) is 37. The molecular formula is C65H124N2O6P+. The number of aliphatic hydroxyl groups is 1. The normalized spacial score (nSPS) is 14.2. The number of likely N-dealkylation sites (N-methyl/N-ethyl adjacent to an activating group) is 1. The van der Waals surface area contributed by atoms with Gasteiger partial charge in [-0.1, -0.05) is 293 Å². The molecule has 0 saturated carbocycles. The van der Waals surface area contributed by atoms with Crippen molar-refractivity contribution in [3.05, 3.63) is 60.8 Å². The molecule has 0 saturated heterocycles. The molecule has 3 N–H and O–H groups in total. The van der Waals surface area contributed by atoms with Crippen LogP contribution in [0.5, 0.6) is 0 Å². The summed E-state index contributed by atoms with van der Waals surface area (Å²) in [6, 6.07) is -0.844. The Morgan fingerprint density at radius 2 is 0.811 bits per heavy atom. The number of quaternary nitrogens is 1. The molecule has 0 aliphatic carbocycles. The third-order valence-corrected chi connectivity index (χ3v) is 15.2. The van der Waals surface area contributed by atoms with E-state index in [9.17, 15) is 19.4 Å². The molecule has 0 aromatic heterocycles. The molecule has 3 atom stereocenters. The number of carbonyl (C=O) groups excluding carboxylic acids is 1. The van der Waals surface area contributed by atoms with Crippen molar-refractivity contribution < 1.29 is 32.9 Å². The number of nitrogens with zero attached hydrogens (tertiary/aromatic N) is 1. The Bertz CT molecular complexity index is 1390. The predicted molar refractivity (Wildman–Crippen MR) is 323 cm³/mol. The van der Waals surface area contributed by atoms with E-state index in [0.717, 1.165) is 64.2 Å². The number of aliphatic hydroxyl groups excluding tert-OH is 1. The van der Waals surface area contributed by atoms with Gasteiger partial charge < -0.3 is 19.8 Å². The van der Waals surface area contributed by atoms with Crippen LogP contribution in [-0.2, 0) is 18.4 Å². The third-order valence-electron chi connectivity index (χ3n) is 14.2. The summed E-state index contributed by atoms with van der Waals surface area (Å²) in [6.07, 6.45) is 76.6. The Hall–Kier alpha value is -1.80. The highest BCUT2D eigenvalue weighted by Gasteiger charge is 2.27.